The van der Waals surface area contributed by atoms with Crippen LogP contribution in [0.1, 0.15) is 30.5 Å². The van der Waals surface area contributed by atoms with Crippen molar-refractivity contribution in [2.75, 3.05) is 5.32 Å². The molecular weight excluding hydrogens is 389 g/mol. The van der Waals surface area contributed by atoms with Crippen molar-refractivity contribution in [1.29, 1.82) is 0 Å². The lowest BCUT2D eigenvalue weighted by atomic mass is 9.93. The monoisotopic (exact) mass is 407 g/mol. The number of benzene rings is 2. The molecule has 2 aromatic carbocycles. The van der Waals surface area contributed by atoms with Crippen LogP contribution in [-0.4, -0.2) is 21.7 Å². The first-order valence-electron chi connectivity index (χ1n) is 9.08. The SMILES string of the molecule is CC(=O)N1C=Cc2ccccc2[C@@H]1CC(=O)Nc1nc(-c2cccc(F)c2)cs1. The number of thiazole rings is 1. The van der Waals surface area contributed by atoms with Crippen molar-refractivity contribution in [3.8, 4) is 11.3 Å². The maximum atomic E-state index is 13.4. The van der Waals surface area contributed by atoms with Crippen LogP contribution >= 0.6 is 11.3 Å². The molecular formula is C22H18FN3O2S. The zero-order valence-electron chi connectivity index (χ0n) is 15.6. The number of anilines is 1. The summed E-state index contributed by atoms with van der Waals surface area (Å²) < 4.78 is 13.4. The number of amides is 2. The summed E-state index contributed by atoms with van der Waals surface area (Å²) in [6.07, 6.45) is 3.70. The van der Waals surface area contributed by atoms with Gasteiger partial charge in [-0.1, -0.05) is 36.4 Å². The molecule has 2 heterocycles. The molecule has 0 aliphatic carbocycles. The summed E-state index contributed by atoms with van der Waals surface area (Å²) in [5, 5.41) is 5.00. The zero-order chi connectivity index (χ0) is 20.4. The molecule has 1 aliphatic rings. The second-order valence-electron chi connectivity index (χ2n) is 6.69. The molecule has 0 spiro atoms. The van der Waals surface area contributed by atoms with Crippen molar-refractivity contribution >= 4 is 34.4 Å². The fourth-order valence-electron chi connectivity index (χ4n) is 3.37. The van der Waals surface area contributed by atoms with E-state index in [1.807, 2.05) is 30.3 Å². The lowest BCUT2D eigenvalue weighted by molar-refractivity contribution is -0.129. The van der Waals surface area contributed by atoms with Crippen LogP contribution in [0.3, 0.4) is 0 Å². The molecule has 0 saturated heterocycles. The topological polar surface area (TPSA) is 62.3 Å². The highest BCUT2D eigenvalue weighted by molar-refractivity contribution is 7.14. The van der Waals surface area contributed by atoms with Gasteiger partial charge in [0.05, 0.1) is 18.2 Å². The third-order valence-electron chi connectivity index (χ3n) is 4.72. The maximum Gasteiger partial charge on any atom is 0.228 e. The van der Waals surface area contributed by atoms with Crippen LogP contribution in [0.25, 0.3) is 17.3 Å². The van der Waals surface area contributed by atoms with E-state index in [2.05, 4.69) is 10.3 Å². The summed E-state index contributed by atoms with van der Waals surface area (Å²) in [4.78, 5) is 30.7. The molecule has 1 atom stereocenters. The van der Waals surface area contributed by atoms with Crippen molar-refractivity contribution in [2.24, 2.45) is 0 Å². The highest BCUT2D eigenvalue weighted by Gasteiger charge is 2.28. The van der Waals surface area contributed by atoms with E-state index in [9.17, 15) is 14.0 Å². The number of hydrogen-bond donors (Lipinski definition) is 1. The van der Waals surface area contributed by atoms with Gasteiger partial charge in [0.2, 0.25) is 11.8 Å². The molecule has 1 aliphatic heterocycles. The molecule has 0 fully saturated rings. The van der Waals surface area contributed by atoms with E-state index in [1.54, 1.807) is 28.6 Å². The quantitative estimate of drug-likeness (QED) is 0.672. The summed E-state index contributed by atoms with van der Waals surface area (Å²) in [6.45, 7) is 1.48. The summed E-state index contributed by atoms with van der Waals surface area (Å²) in [5.41, 5.74) is 3.17. The first-order valence-corrected chi connectivity index (χ1v) is 9.96. The van der Waals surface area contributed by atoms with Crippen LogP contribution < -0.4 is 5.32 Å². The van der Waals surface area contributed by atoms with Crippen molar-refractivity contribution in [1.82, 2.24) is 9.88 Å². The minimum Gasteiger partial charge on any atom is -0.311 e. The van der Waals surface area contributed by atoms with Crippen molar-refractivity contribution in [3.63, 3.8) is 0 Å². The first-order chi connectivity index (χ1) is 14.0. The number of hydrogen-bond acceptors (Lipinski definition) is 4. The van der Waals surface area contributed by atoms with Gasteiger partial charge in [-0.05, 0) is 29.3 Å². The molecule has 7 heteroatoms. The van der Waals surface area contributed by atoms with E-state index >= 15 is 0 Å². The second kappa shape index (κ2) is 7.97. The van der Waals surface area contributed by atoms with Crippen LogP contribution in [0.2, 0.25) is 0 Å². The molecule has 0 unspecified atom stereocenters. The van der Waals surface area contributed by atoms with Gasteiger partial charge in [-0.15, -0.1) is 11.3 Å². The molecule has 5 nitrogen and oxygen atoms in total. The summed E-state index contributed by atoms with van der Waals surface area (Å²) in [7, 11) is 0. The second-order valence-corrected chi connectivity index (χ2v) is 7.55. The van der Waals surface area contributed by atoms with Crippen LogP contribution in [0, 0.1) is 5.82 Å². The number of nitrogens with one attached hydrogen (secondary N) is 1. The van der Waals surface area contributed by atoms with E-state index in [1.165, 1.54) is 30.4 Å². The van der Waals surface area contributed by atoms with E-state index < -0.39 is 0 Å². The minimum atomic E-state index is -0.378. The number of aromatic nitrogens is 1. The number of fused-ring (bicyclic) bond motifs is 1. The van der Waals surface area contributed by atoms with Gasteiger partial charge >= 0.3 is 0 Å². The van der Waals surface area contributed by atoms with Gasteiger partial charge in [-0.2, -0.15) is 0 Å². The standard InChI is InChI=1S/C22H18FN3O2S/c1-14(27)26-10-9-15-5-2-3-8-18(15)20(26)12-21(28)25-22-24-19(13-29-22)16-6-4-7-17(23)11-16/h2-11,13,20H,12H2,1H3,(H,24,25,28)/t20-/m0/s1. The van der Waals surface area contributed by atoms with Gasteiger partial charge in [0.15, 0.2) is 5.13 Å². The number of nitrogens with zero attached hydrogens (tertiary/aromatic N) is 2. The van der Waals surface area contributed by atoms with Crippen LogP contribution in [0.15, 0.2) is 60.1 Å². The molecule has 3 aromatic rings. The van der Waals surface area contributed by atoms with Crippen LogP contribution in [0.5, 0.6) is 0 Å². The first kappa shape index (κ1) is 19.0. The predicted octanol–water partition coefficient (Wildman–Crippen LogP) is 4.85. The third kappa shape index (κ3) is 4.09. The summed E-state index contributed by atoms with van der Waals surface area (Å²) in [6, 6.07) is 13.5. The fourth-order valence-corrected chi connectivity index (χ4v) is 4.11. The van der Waals surface area contributed by atoms with Crippen molar-refractivity contribution in [2.45, 2.75) is 19.4 Å². The van der Waals surface area contributed by atoms with Crippen molar-refractivity contribution < 1.29 is 14.0 Å². The minimum absolute atomic E-state index is 0.107. The molecule has 0 saturated carbocycles. The lowest BCUT2D eigenvalue weighted by Crippen LogP contribution is -2.33. The Labute approximate surface area is 171 Å². The number of halogens is 1. The zero-order valence-corrected chi connectivity index (χ0v) is 16.4. The number of carbonyl (C=O) groups is 2. The Balaban J connectivity index is 1.51. The number of rotatable bonds is 4. The molecule has 1 N–H and O–H groups in total. The van der Waals surface area contributed by atoms with Gasteiger partial charge in [-0.3, -0.25) is 9.59 Å². The Kier molecular flexibility index (Phi) is 5.22. The van der Waals surface area contributed by atoms with E-state index in [0.717, 1.165) is 11.1 Å². The molecule has 0 bridgehead atoms. The van der Waals surface area contributed by atoms with Gasteiger partial charge in [0.25, 0.3) is 0 Å². The Bertz CT molecular complexity index is 1110. The Hall–Kier alpha value is -3.32. The number of carbonyl (C=O) groups excluding carboxylic acids is 2. The van der Waals surface area contributed by atoms with Gasteiger partial charge in [0, 0.05) is 24.1 Å². The molecule has 146 valence electrons. The Morgan fingerprint density at radius 3 is 2.83 bits per heavy atom. The Morgan fingerprint density at radius 1 is 1.21 bits per heavy atom. The maximum absolute atomic E-state index is 13.4. The third-order valence-corrected chi connectivity index (χ3v) is 5.48. The molecule has 2 amide bonds. The average Bonchev–Trinajstić information content (AvgIpc) is 3.16. The molecule has 1 aromatic heterocycles. The normalized spacial score (nSPS) is 15.1. The van der Waals surface area contributed by atoms with E-state index in [0.29, 0.717) is 16.4 Å². The lowest BCUT2D eigenvalue weighted by Gasteiger charge is -2.32. The van der Waals surface area contributed by atoms with E-state index in [4.69, 9.17) is 0 Å². The highest BCUT2D eigenvalue weighted by atomic mass is 32.1. The molecule has 0 radical (unpaired) electrons. The fraction of sp³-hybridized carbons (Fsp3) is 0.136. The van der Waals surface area contributed by atoms with E-state index in [-0.39, 0.29) is 30.1 Å². The Morgan fingerprint density at radius 2 is 2.03 bits per heavy atom. The van der Waals surface area contributed by atoms with Crippen LogP contribution in [0.4, 0.5) is 9.52 Å². The highest BCUT2D eigenvalue weighted by Crippen LogP contribution is 2.33. The van der Waals surface area contributed by atoms with Gasteiger partial charge < -0.3 is 10.2 Å². The smallest absolute Gasteiger partial charge is 0.228 e. The van der Waals surface area contributed by atoms with Crippen molar-refractivity contribution in [3.05, 3.63) is 77.1 Å². The van der Waals surface area contributed by atoms with Gasteiger partial charge in [-0.25, -0.2) is 9.37 Å². The summed E-state index contributed by atoms with van der Waals surface area (Å²) in [5.74, 6) is -0.711. The van der Waals surface area contributed by atoms with Gasteiger partial charge in [0.1, 0.15) is 5.82 Å². The summed E-state index contributed by atoms with van der Waals surface area (Å²) >= 11 is 1.27. The molecule has 29 heavy (non-hydrogen) atoms. The predicted molar refractivity (Wildman–Crippen MR) is 111 cm³/mol. The largest absolute Gasteiger partial charge is 0.311 e. The van der Waals surface area contributed by atoms with Crippen LogP contribution in [-0.2, 0) is 9.59 Å². The average molecular weight is 407 g/mol. The molecule has 4 rings (SSSR count).